The number of methoxy groups -OCH3 is 3. The number of aliphatic hydroxyl groups is 1. The number of hydrogen-bond acceptors (Lipinski definition) is 14. The first kappa shape index (κ1) is 65.1. The summed E-state index contributed by atoms with van der Waals surface area (Å²) >= 11 is 0. The lowest BCUT2D eigenvalue weighted by molar-refractivity contribution is 0.0110. The molecule has 3 aliphatic heterocycles. The Hall–Kier alpha value is -5.56. The van der Waals surface area contributed by atoms with Gasteiger partial charge in [-0.1, -0.05) is 144 Å². The fourth-order valence-corrected chi connectivity index (χ4v) is 18.4. The van der Waals surface area contributed by atoms with Gasteiger partial charge in [0.05, 0.1) is 56.7 Å². The quantitative estimate of drug-likeness (QED) is 0.100. The van der Waals surface area contributed by atoms with E-state index in [1.807, 2.05) is 42.5 Å². The van der Waals surface area contributed by atoms with Crippen LogP contribution in [0.3, 0.4) is 0 Å². The molecule has 0 aromatic heterocycles. The van der Waals surface area contributed by atoms with Gasteiger partial charge in [0.25, 0.3) is 0 Å². The maximum atomic E-state index is 12.2. The first-order valence-corrected chi connectivity index (χ1v) is 37.4. The van der Waals surface area contributed by atoms with Crippen LogP contribution in [0.4, 0.5) is 0 Å². The van der Waals surface area contributed by atoms with Gasteiger partial charge in [-0.25, -0.2) is 0 Å². The molecule has 18 heteroatoms. The monoisotopic (exact) mass is 1330 g/mol. The maximum absolute atomic E-state index is 12.2. The highest BCUT2D eigenvalue weighted by atomic mass is 32.2. The largest absolute Gasteiger partial charge is 0.530 e. The Kier molecular flexibility index (Phi) is 17.6. The molecule has 0 saturated carbocycles. The highest BCUT2D eigenvalue weighted by molar-refractivity contribution is 7.95. The number of fused-ring (bicyclic) bond motifs is 7. The lowest BCUT2D eigenvalue weighted by Crippen LogP contribution is -2.42. The van der Waals surface area contributed by atoms with Crippen LogP contribution in [0.15, 0.2) is 138 Å². The van der Waals surface area contributed by atoms with Crippen molar-refractivity contribution in [2.75, 3.05) is 39.8 Å². The molecule has 0 saturated heterocycles. The zero-order chi connectivity index (χ0) is 65.1. The van der Waals surface area contributed by atoms with Crippen LogP contribution in [0.2, 0.25) is 0 Å². The van der Waals surface area contributed by atoms with Crippen molar-refractivity contribution >= 4 is 54.1 Å². The molecule has 6 aliphatic carbocycles. The van der Waals surface area contributed by atoms with Crippen molar-refractivity contribution in [3.8, 4) is 34.5 Å². The number of allylic oxidation sites excluding steroid dienone is 6. The van der Waals surface area contributed by atoms with Crippen LogP contribution in [0.25, 0.3) is 17.4 Å². The number of aliphatic hydroxyl groups excluding tert-OH is 1. The Balaban J connectivity index is 0.868. The van der Waals surface area contributed by atoms with Crippen molar-refractivity contribution in [2.24, 2.45) is 34.5 Å². The zero-order valence-electron chi connectivity index (χ0n) is 55.9. The highest BCUT2D eigenvalue weighted by Gasteiger charge is 2.52. The minimum Gasteiger partial charge on any atom is -0.497 e. The van der Waals surface area contributed by atoms with Crippen molar-refractivity contribution in [3.63, 3.8) is 0 Å². The second-order valence-corrected chi connectivity index (χ2v) is 35.0. The molecule has 14 nitrogen and oxygen atoms in total. The highest BCUT2D eigenvalue weighted by Crippen LogP contribution is 2.65. The summed E-state index contributed by atoms with van der Waals surface area (Å²) in [5.74, 6) is 5.97. The molecule has 13 unspecified atom stereocenters. The molecule has 4 aromatic rings. The molecule has 0 fully saturated rings. The van der Waals surface area contributed by atoms with Gasteiger partial charge in [0, 0.05) is 44.6 Å². The molecule has 92 heavy (non-hydrogen) atoms. The van der Waals surface area contributed by atoms with Crippen LogP contribution in [-0.4, -0.2) is 69.3 Å². The van der Waals surface area contributed by atoms with Crippen molar-refractivity contribution in [2.45, 2.75) is 143 Å². The van der Waals surface area contributed by atoms with Crippen LogP contribution in [0.1, 0.15) is 135 Å². The van der Waals surface area contributed by atoms with Gasteiger partial charge in [-0.3, -0.25) is 18.1 Å². The van der Waals surface area contributed by atoms with Gasteiger partial charge in [0.1, 0.15) is 76.5 Å². The van der Waals surface area contributed by atoms with Crippen LogP contribution in [-0.2, 0) is 60.2 Å². The third kappa shape index (κ3) is 12.4. The average Bonchev–Trinajstić information content (AvgIpc) is 0.834. The minimum atomic E-state index is -2.26. The van der Waals surface area contributed by atoms with Crippen molar-refractivity contribution in [1.29, 1.82) is 0 Å². The molecule has 0 spiro atoms. The number of rotatable bonds is 13. The van der Waals surface area contributed by atoms with Crippen molar-refractivity contribution in [3.05, 3.63) is 182 Å². The van der Waals surface area contributed by atoms with E-state index in [9.17, 15) is 5.11 Å². The van der Waals surface area contributed by atoms with E-state index < -0.39 is 61.6 Å². The molecule has 9 aliphatic rings. The predicted molar refractivity (Wildman–Crippen MR) is 367 cm³/mol. The molecule has 13 atom stereocenters. The van der Waals surface area contributed by atoms with E-state index in [0.717, 1.165) is 73.3 Å². The summed E-state index contributed by atoms with van der Waals surface area (Å²) in [7, 11) is -1.28. The first-order chi connectivity index (χ1) is 43.7. The molecule has 0 radical (unpaired) electrons. The van der Waals surface area contributed by atoms with Gasteiger partial charge < -0.3 is 46.7 Å². The summed E-state index contributed by atoms with van der Waals surface area (Å²) in [6, 6.07) is 20.5. The van der Waals surface area contributed by atoms with Crippen molar-refractivity contribution < 1.29 is 64.8 Å². The number of hydrogen-bond donors (Lipinski definition) is 1. The van der Waals surface area contributed by atoms with E-state index >= 15 is 0 Å². The fraction of sp³-hybridized carbons (Fsp3) is 0.459. The average molecular weight is 1330 g/mol. The normalized spacial score (nSPS) is 28.5. The first-order valence-electron chi connectivity index (χ1n) is 31.9. The SMILES string of the molecule is COC1=CC2c3cc(OC)cc(C(C)(C)C)c3OP(OC3C=CC=C4C=c5cccc6c5=C(OP(Oc5c(C7=CC(O)CC(C(C)(C)C)C7OP7Oc8cccc9c8C(O7)C7C(OC[S+](C)C)=CC=CC7C9)cc(OC)cc5C(C)(C)C)O6)C43)OC2C(C(C)(C)C)=C1. The second kappa shape index (κ2) is 24.9. The van der Waals surface area contributed by atoms with E-state index in [0.29, 0.717) is 52.3 Å². The molecule has 13 rings (SSSR count). The molecule has 4 aromatic carbocycles. The fourth-order valence-electron chi connectivity index (χ4n) is 14.3. The molecular weight excluding hydrogens is 1240 g/mol. The van der Waals surface area contributed by atoms with Gasteiger partial charge in [-0.15, -0.1) is 0 Å². The molecule has 488 valence electrons. The Labute approximate surface area is 549 Å². The summed E-state index contributed by atoms with van der Waals surface area (Å²) in [5, 5.41) is 14.0. The topological polar surface area (TPSA) is 140 Å². The summed E-state index contributed by atoms with van der Waals surface area (Å²) in [5.41, 5.74) is 6.85. The van der Waals surface area contributed by atoms with Gasteiger partial charge >= 0.3 is 25.8 Å². The van der Waals surface area contributed by atoms with E-state index in [2.05, 4.69) is 175 Å². The molecule has 0 bridgehead atoms. The molecular formula is C74H88O14P3S+. The predicted octanol–water partition coefficient (Wildman–Crippen LogP) is 16.4. The van der Waals surface area contributed by atoms with Crippen LogP contribution >= 0.6 is 25.8 Å². The molecule has 0 amide bonds. The summed E-state index contributed by atoms with van der Waals surface area (Å²) < 4.78 is 90.2. The van der Waals surface area contributed by atoms with Crippen LogP contribution in [0.5, 0.6) is 34.5 Å². The Morgan fingerprint density at radius 3 is 2.10 bits per heavy atom. The van der Waals surface area contributed by atoms with Crippen LogP contribution in [0, 0.1) is 34.5 Å². The number of ether oxygens (including phenoxy) is 4. The van der Waals surface area contributed by atoms with E-state index in [1.54, 1.807) is 21.3 Å². The van der Waals surface area contributed by atoms with Crippen LogP contribution < -0.4 is 38.0 Å². The standard InChI is InChI=1S/C74H88O14P3S/c1-71(2,3)53-33-45(75)32-49(65(53)83-90-81-58-27-19-23-42-30-41-22-18-26-57(79-40-92(16)17)61(41)69(87-90)62(42)58)50-34-46(76-13)37-54(72(4,5)6)66(50)86-91-82-60-29-21-25-44-31-43-24-20-28-59(63(43)70(88-91)64(44)60)80-89-84-67-51(35-47(77-14)38-55(67)73(7,8)9)52-36-48(78-15)39-56(68(52)85-89)74(10,11)12/h18-29,31-32,34-39,41,45,51,53,59,61,63,65,67,69,75H,30,33,40H2,1-17H3/q+1. The Bertz CT molecular complexity index is 3930. The van der Waals surface area contributed by atoms with Gasteiger partial charge in [-0.05, 0) is 135 Å². The zero-order valence-corrected chi connectivity index (χ0v) is 59.4. The van der Waals surface area contributed by atoms with Gasteiger partial charge in [-0.2, -0.15) is 0 Å². The van der Waals surface area contributed by atoms with Gasteiger partial charge in [0.2, 0.25) is 5.94 Å². The summed E-state index contributed by atoms with van der Waals surface area (Å²) in [6.07, 6.45) is 23.7. The lowest BCUT2D eigenvalue weighted by Gasteiger charge is -2.46. The minimum absolute atomic E-state index is 0.0648. The Morgan fingerprint density at radius 1 is 0.685 bits per heavy atom. The maximum Gasteiger partial charge on any atom is 0.530 e. The summed E-state index contributed by atoms with van der Waals surface area (Å²) in [6.45, 7) is 26.2. The van der Waals surface area contributed by atoms with Gasteiger partial charge in [0.15, 0.2) is 0 Å². The smallest absolute Gasteiger partial charge is 0.497 e. The lowest BCUT2D eigenvalue weighted by atomic mass is 9.68. The molecule has 1 N–H and O–H groups in total. The Morgan fingerprint density at radius 2 is 1.38 bits per heavy atom. The van der Waals surface area contributed by atoms with E-state index in [-0.39, 0.29) is 56.9 Å². The molecule has 3 heterocycles. The summed E-state index contributed by atoms with van der Waals surface area (Å²) in [4.78, 5) is 0. The van der Waals surface area contributed by atoms with Crippen molar-refractivity contribution in [1.82, 2.24) is 0 Å². The van der Waals surface area contributed by atoms with E-state index in [1.165, 1.54) is 5.56 Å². The third-order valence-electron chi connectivity index (χ3n) is 18.9. The second-order valence-electron chi connectivity index (χ2n) is 29.6. The number of benzene rings is 4. The van der Waals surface area contributed by atoms with E-state index in [4.69, 9.17) is 59.7 Å². The third-order valence-corrected chi connectivity index (χ3v) is 22.8.